The van der Waals surface area contributed by atoms with Gasteiger partial charge in [0.1, 0.15) is 22.8 Å². The smallest absolute Gasteiger partial charge is 0.417 e. The number of ether oxygens (including phenoxy) is 1. The maximum atomic E-state index is 13.7. The summed E-state index contributed by atoms with van der Waals surface area (Å²) in [4.78, 5) is 52.3. The van der Waals surface area contributed by atoms with Crippen molar-refractivity contribution in [2.45, 2.75) is 24.9 Å². The molecule has 5 rings (SSSR count). The molecule has 3 aliphatic carbocycles. The first-order valence-electron chi connectivity index (χ1n) is 12.4. The van der Waals surface area contributed by atoms with E-state index in [-0.39, 0.29) is 35.4 Å². The number of para-hydroxylation sites is 1. The normalized spacial score (nSPS) is 23.7. The van der Waals surface area contributed by atoms with Crippen LogP contribution in [-0.4, -0.2) is 63.7 Å². The van der Waals surface area contributed by atoms with Crippen LogP contribution in [0.15, 0.2) is 53.3 Å². The van der Waals surface area contributed by atoms with Gasteiger partial charge in [-0.05, 0) is 42.5 Å². The minimum atomic E-state index is -2.66. The van der Waals surface area contributed by atoms with Crippen molar-refractivity contribution in [1.82, 2.24) is 0 Å². The van der Waals surface area contributed by atoms with Crippen LogP contribution < -0.4 is 20.7 Å². The second-order valence-electron chi connectivity index (χ2n) is 10.3. The Morgan fingerprint density at radius 1 is 1.10 bits per heavy atom. The summed E-state index contributed by atoms with van der Waals surface area (Å²) in [5.74, 6) is -7.02. The van der Waals surface area contributed by atoms with Gasteiger partial charge in [-0.25, -0.2) is 4.79 Å². The minimum Gasteiger partial charge on any atom is -0.508 e. The monoisotopic (exact) mass is 549 g/mol. The lowest BCUT2D eigenvalue weighted by atomic mass is 9.59. The minimum absolute atomic E-state index is 0.0138. The van der Waals surface area contributed by atoms with E-state index in [1.54, 1.807) is 49.3 Å². The molecule has 2 aromatic rings. The molecule has 0 heterocycles. The Bertz CT molecular complexity index is 1540. The predicted octanol–water partition coefficient (Wildman–Crippen LogP) is 2.10. The highest BCUT2D eigenvalue weighted by Gasteiger charge is 2.60. The zero-order valence-electron chi connectivity index (χ0n) is 21.6. The largest absolute Gasteiger partial charge is 0.508 e. The van der Waals surface area contributed by atoms with Crippen LogP contribution in [0.3, 0.4) is 0 Å². The number of hydrogen-bond acceptors (Lipinski definition) is 10. The van der Waals surface area contributed by atoms with Crippen LogP contribution >= 0.6 is 0 Å². The molecule has 0 aliphatic heterocycles. The first-order valence-corrected chi connectivity index (χ1v) is 12.4. The van der Waals surface area contributed by atoms with Crippen LogP contribution in [0.2, 0.25) is 0 Å². The summed E-state index contributed by atoms with van der Waals surface area (Å²) in [7, 11) is 3.43. The van der Waals surface area contributed by atoms with E-state index < -0.39 is 70.3 Å². The van der Waals surface area contributed by atoms with Crippen LogP contribution in [0.4, 0.5) is 16.2 Å². The summed E-state index contributed by atoms with van der Waals surface area (Å²) in [6, 6.07) is 9.71. The van der Waals surface area contributed by atoms with Crippen LogP contribution in [0.25, 0.3) is 5.76 Å². The fourth-order valence-electron chi connectivity index (χ4n) is 5.89. The number of nitrogens with one attached hydrogen (secondary N) is 1. The molecule has 208 valence electrons. The summed E-state index contributed by atoms with van der Waals surface area (Å²) < 4.78 is 5.24. The number of amides is 2. The molecule has 12 heteroatoms. The summed E-state index contributed by atoms with van der Waals surface area (Å²) in [5.41, 5.74) is 2.14. The van der Waals surface area contributed by atoms with Gasteiger partial charge < -0.3 is 35.8 Å². The zero-order chi connectivity index (χ0) is 29.1. The molecule has 0 bridgehead atoms. The van der Waals surface area contributed by atoms with E-state index in [0.717, 1.165) is 0 Å². The number of benzene rings is 2. The summed E-state index contributed by atoms with van der Waals surface area (Å²) in [6.07, 6.45) is -1.18. The van der Waals surface area contributed by atoms with Crippen molar-refractivity contribution in [3.63, 3.8) is 0 Å². The van der Waals surface area contributed by atoms with E-state index in [1.807, 2.05) is 0 Å². The lowest BCUT2D eigenvalue weighted by molar-refractivity contribution is -0.147. The molecule has 2 aromatic carbocycles. The number of phenolic OH excluding ortho intramolecular Hbond substituents is 1. The Morgan fingerprint density at radius 3 is 2.40 bits per heavy atom. The molecule has 40 heavy (non-hydrogen) atoms. The van der Waals surface area contributed by atoms with Crippen molar-refractivity contribution in [3.05, 3.63) is 64.4 Å². The number of carbonyl (C=O) groups excluding carboxylic acids is 4. The average molecular weight is 550 g/mol. The molecule has 0 saturated heterocycles. The van der Waals surface area contributed by atoms with Crippen LogP contribution in [-0.2, 0) is 20.8 Å². The number of carbonyl (C=O) groups is 4. The number of hydrogen-bond donors (Lipinski definition) is 6. The third-order valence-electron chi connectivity index (χ3n) is 7.71. The van der Waals surface area contributed by atoms with Crippen molar-refractivity contribution in [2.24, 2.45) is 17.6 Å². The second-order valence-corrected chi connectivity index (χ2v) is 10.3. The number of aromatic hydroxyl groups is 1. The van der Waals surface area contributed by atoms with Gasteiger partial charge in [-0.3, -0.25) is 19.7 Å². The van der Waals surface area contributed by atoms with E-state index in [2.05, 4.69) is 5.32 Å². The molecule has 1 fully saturated rings. The molecule has 2 amide bonds. The number of rotatable bonds is 4. The molecular weight excluding hydrogens is 522 g/mol. The number of phenols is 1. The van der Waals surface area contributed by atoms with Gasteiger partial charge in [-0.1, -0.05) is 18.2 Å². The molecule has 7 N–H and O–H groups in total. The van der Waals surface area contributed by atoms with Crippen molar-refractivity contribution in [1.29, 1.82) is 0 Å². The summed E-state index contributed by atoms with van der Waals surface area (Å²) in [5, 5.41) is 47.1. The van der Waals surface area contributed by atoms with Gasteiger partial charge in [0.2, 0.25) is 5.78 Å². The number of Topliss-reactive ketones (excluding diaryl/α,β-unsaturated/α-hetero) is 2. The third-order valence-corrected chi connectivity index (χ3v) is 7.71. The average Bonchev–Trinajstić information content (AvgIpc) is 2.88. The fourth-order valence-corrected chi connectivity index (χ4v) is 5.89. The number of nitrogens with two attached hydrogens (primary N) is 1. The first kappa shape index (κ1) is 26.8. The van der Waals surface area contributed by atoms with Crippen molar-refractivity contribution < 1.29 is 44.3 Å². The number of aliphatic hydroxyl groups is 3. The number of ketones is 2. The fraction of sp³-hybridized carbons (Fsp3) is 0.286. The Morgan fingerprint density at radius 2 is 1.77 bits per heavy atom. The van der Waals surface area contributed by atoms with E-state index >= 15 is 0 Å². The molecule has 0 aromatic heterocycles. The quantitative estimate of drug-likeness (QED) is 0.242. The number of nitrogens with zero attached hydrogens (tertiary/aromatic N) is 1. The van der Waals surface area contributed by atoms with Gasteiger partial charge in [0.15, 0.2) is 17.1 Å². The van der Waals surface area contributed by atoms with Gasteiger partial charge in [0.25, 0.3) is 5.91 Å². The van der Waals surface area contributed by atoms with E-state index in [1.165, 1.54) is 6.07 Å². The highest BCUT2D eigenvalue weighted by Crippen LogP contribution is 2.54. The number of anilines is 2. The predicted molar refractivity (Wildman–Crippen MR) is 142 cm³/mol. The Balaban J connectivity index is 1.61. The number of fused-ring (bicyclic) bond motifs is 3. The first-order chi connectivity index (χ1) is 18.9. The summed E-state index contributed by atoms with van der Waals surface area (Å²) >= 11 is 0. The topological polar surface area (TPSA) is 200 Å². The molecule has 3 atom stereocenters. The Labute approximate surface area is 228 Å². The molecule has 12 nitrogen and oxygen atoms in total. The molecule has 0 unspecified atom stereocenters. The van der Waals surface area contributed by atoms with Crippen LogP contribution in [0.5, 0.6) is 11.5 Å². The maximum absolute atomic E-state index is 13.7. The van der Waals surface area contributed by atoms with E-state index in [4.69, 9.17) is 10.5 Å². The summed E-state index contributed by atoms with van der Waals surface area (Å²) in [6.45, 7) is 0. The molecule has 0 radical (unpaired) electrons. The van der Waals surface area contributed by atoms with Crippen LogP contribution in [0, 0.1) is 11.8 Å². The van der Waals surface area contributed by atoms with E-state index in [9.17, 15) is 39.6 Å². The standard InChI is InChI=1S/C28H27N3O9/c1-31(2)17-11-16(30-27(38)40-14-6-4-3-5-7-14)22(33)20-15(17)9-12-8-13-10-18(32)21(26(29)37)25(36)28(13,39)24(35)19(12)23(20)34/h3-7,11-13,33-34,36,39H,8-10H2,1-2H3,(H2,29,37)(H,30,38)/t12-,13+,28+/m1/s1. The van der Waals surface area contributed by atoms with Gasteiger partial charge in [0.05, 0.1) is 11.3 Å². The van der Waals surface area contributed by atoms with Gasteiger partial charge >= 0.3 is 6.09 Å². The molecule has 3 aliphatic rings. The number of primary amides is 1. The Kier molecular flexibility index (Phi) is 6.30. The highest BCUT2D eigenvalue weighted by molar-refractivity contribution is 6.22. The van der Waals surface area contributed by atoms with Crippen molar-refractivity contribution in [3.8, 4) is 11.5 Å². The van der Waals surface area contributed by atoms with Crippen LogP contribution in [0.1, 0.15) is 24.0 Å². The molecule has 1 saturated carbocycles. The number of aliphatic hydroxyl groups excluding tert-OH is 2. The van der Waals surface area contributed by atoms with Crippen molar-refractivity contribution >= 4 is 40.7 Å². The lowest BCUT2D eigenvalue weighted by Crippen LogP contribution is -2.58. The maximum Gasteiger partial charge on any atom is 0.417 e. The van der Waals surface area contributed by atoms with E-state index in [0.29, 0.717) is 11.3 Å². The second kappa shape index (κ2) is 9.42. The van der Waals surface area contributed by atoms with Gasteiger partial charge in [-0.2, -0.15) is 0 Å². The van der Waals surface area contributed by atoms with Gasteiger partial charge in [-0.15, -0.1) is 0 Å². The molecule has 0 spiro atoms. The highest BCUT2D eigenvalue weighted by atomic mass is 16.6. The Hall–Kier alpha value is -4.84. The van der Waals surface area contributed by atoms with Crippen molar-refractivity contribution in [2.75, 3.05) is 24.3 Å². The third kappa shape index (κ3) is 3.95. The SMILES string of the molecule is CN(C)c1cc(NC(=O)Oc2ccccc2)c(O)c2c1C[C@H]1C[C@H]3CC(=O)C(C(N)=O)=C(O)[C@@]3(O)C(=O)C1=C2O. The van der Waals surface area contributed by atoms with Gasteiger partial charge in [0, 0.05) is 37.7 Å². The molecular formula is C28H27N3O9. The lowest BCUT2D eigenvalue weighted by Gasteiger charge is -2.46. The zero-order valence-corrected chi connectivity index (χ0v) is 21.6.